The summed E-state index contributed by atoms with van der Waals surface area (Å²) in [6, 6.07) is 13.6. The van der Waals surface area contributed by atoms with Crippen LogP contribution in [-0.4, -0.2) is 13.1 Å². The maximum Gasteiger partial charge on any atom is 0.123 e. The van der Waals surface area contributed by atoms with Gasteiger partial charge in [-0.2, -0.15) is 0 Å². The van der Waals surface area contributed by atoms with Crippen molar-refractivity contribution in [1.82, 2.24) is 5.32 Å². The minimum absolute atomic E-state index is 0.161. The average molecular weight is 283 g/mol. The van der Waals surface area contributed by atoms with Gasteiger partial charge in [-0.05, 0) is 67.1 Å². The Morgan fingerprint density at radius 1 is 1.00 bits per heavy atom. The molecule has 1 nitrogen and oxygen atoms in total. The predicted molar refractivity (Wildman–Crippen MR) is 85.3 cm³/mol. The SMILES string of the molecule is Cc1cccc(C2CCNCC2c2ccc(F)cc2)c1C. The summed E-state index contributed by atoms with van der Waals surface area (Å²) in [6.07, 6.45) is 1.13. The molecule has 1 saturated heterocycles. The first-order valence-electron chi connectivity index (χ1n) is 7.69. The molecule has 1 aliphatic rings. The highest BCUT2D eigenvalue weighted by Crippen LogP contribution is 2.39. The molecule has 0 spiro atoms. The second-order valence-corrected chi connectivity index (χ2v) is 6.05. The topological polar surface area (TPSA) is 12.0 Å². The standard InChI is InChI=1S/C19H22FN/c1-13-4-3-5-17(14(13)2)18-10-11-21-12-19(18)15-6-8-16(20)9-7-15/h3-9,18-19,21H,10-12H2,1-2H3. The number of halogens is 1. The first-order chi connectivity index (χ1) is 10.2. The first kappa shape index (κ1) is 14.3. The van der Waals surface area contributed by atoms with Crippen LogP contribution in [0.15, 0.2) is 42.5 Å². The highest BCUT2D eigenvalue weighted by Gasteiger charge is 2.28. The summed E-state index contributed by atoms with van der Waals surface area (Å²) >= 11 is 0. The van der Waals surface area contributed by atoms with Crippen LogP contribution >= 0.6 is 0 Å². The molecule has 1 aliphatic heterocycles. The predicted octanol–water partition coefficient (Wildman–Crippen LogP) is 4.30. The van der Waals surface area contributed by atoms with Crippen LogP contribution in [0.5, 0.6) is 0 Å². The molecular formula is C19H22FN. The second-order valence-electron chi connectivity index (χ2n) is 6.05. The highest BCUT2D eigenvalue weighted by molar-refractivity contribution is 5.39. The zero-order chi connectivity index (χ0) is 14.8. The van der Waals surface area contributed by atoms with E-state index in [1.807, 2.05) is 12.1 Å². The van der Waals surface area contributed by atoms with Crippen molar-refractivity contribution < 1.29 is 4.39 Å². The Morgan fingerprint density at radius 2 is 1.76 bits per heavy atom. The molecule has 1 fully saturated rings. The summed E-state index contributed by atoms with van der Waals surface area (Å²) in [5, 5.41) is 3.49. The van der Waals surface area contributed by atoms with Gasteiger partial charge in [0, 0.05) is 12.5 Å². The van der Waals surface area contributed by atoms with Crippen LogP contribution in [0.2, 0.25) is 0 Å². The Morgan fingerprint density at radius 3 is 2.52 bits per heavy atom. The quantitative estimate of drug-likeness (QED) is 0.866. The van der Waals surface area contributed by atoms with Crippen LogP contribution in [0, 0.1) is 19.7 Å². The molecule has 21 heavy (non-hydrogen) atoms. The molecule has 1 heterocycles. The van der Waals surface area contributed by atoms with E-state index in [1.54, 1.807) is 12.1 Å². The van der Waals surface area contributed by atoms with E-state index < -0.39 is 0 Å². The molecule has 0 amide bonds. The van der Waals surface area contributed by atoms with Crippen LogP contribution in [0.25, 0.3) is 0 Å². The monoisotopic (exact) mass is 283 g/mol. The molecule has 2 atom stereocenters. The zero-order valence-corrected chi connectivity index (χ0v) is 12.7. The van der Waals surface area contributed by atoms with E-state index in [0.717, 1.165) is 19.5 Å². The number of rotatable bonds is 2. The van der Waals surface area contributed by atoms with Gasteiger partial charge in [0.25, 0.3) is 0 Å². The average Bonchev–Trinajstić information content (AvgIpc) is 2.51. The van der Waals surface area contributed by atoms with Crippen LogP contribution in [0.1, 0.15) is 40.5 Å². The van der Waals surface area contributed by atoms with Crippen molar-refractivity contribution in [2.45, 2.75) is 32.1 Å². The molecule has 2 aromatic rings. The Bertz CT molecular complexity index is 618. The Hall–Kier alpha value is -1.67. The van der Waals surface area contributed by atoms with Crippen LogP contribution in [0.4, 0.5) is 4.39 Å². The smallest absolute Gasteiger partial charge is 0.123 e. The Labute approximate surface area is 126 Å². The number of benzene rings is 2. The van der Waals surface area contributed by atoms with E-state index in [2.05, 4.69) is 37.4 Å². The summed E-state index contributed by atoms with van der Waals surface area (Å²) in [7, 11) is 0. The van der Waals surface area contributed by atoms with Crippen molar-refractivity contribution in [3.8, 4) is 0 Å². The molecule has 0 radical (unpaired) electrons. The molecule has 0 bridgehead atoms. The first-order valence-corrected chi connectivity index (χ1v) is 7.69. The number of piperidine rings is 1. The highest BCUT2D eigenvalue weighted by atomic mass is 19.1. The van der Waals surface area contributed by atoms with Crippen molar-refractivity contribution in [3.63, 3.8) is 0 Å². The fourth-order valence-electron chi connectivity index (χ4n) is 3.47. The number of hydrogen-bond donors (Lipinski definition) is 1. The van der Waals surface area contributed by atoms with E-state index in [0.29, 0.717) is 11.8 Å². The van der Waals surface area contributed by atoms with Crippen molar-refractivity contribution in [2.75, 3.05) is 13.1 Å². The lowest BCUT2D eigenvalue weighted by Crippen LogP contribution is -2.34. The Kier molecular flexibility index (Phi) is 4.07. The van der Waals surface area contributed by atoms with Gasteiger partial charge < -0.3 is 5.32 Å². The van der Waals surface area contributed by atoms with Gasteiger partial charge in [-0.3, -0.25) is 0 Å². The summed E-state index contributed by atoms with van der Waals surface area (Å²) in [5.74, 6) is 0.766. The third-order valence-corrected chi connectivity index (χ3v) is 4.83. The van der Waals surface area contributed by atoms with Gasteiger partial charge in [0.05, 0.1) is 0 Å². The van der Waals surface area contributed by atoms with E-state index in [9.17, 15) is 4.39 Å². The van der Waals surface area contributed by atoms with Crippen LogP contribution < -0.4 is 5.32 Å². The van der Waals surface area contributed by atoms with E-state index in [4.69, 9.17) is 0 Å². The maximum atomic E-state index is 13.2. The molecule has 2 aromatic carbocycles. The van der Waals surface area contributed by atoms with Gasteiger partial charge in [-0.1, -0.05) is 30.3 Å². The lowest BCUT2D eigenvalue weighted by molar-refractivity contribution is 0.402. The number of nitrogens with one attached hydrogen (secondary N) is 1. The number of aryl methyl sites for hydroxylation is 1. The molecule has 0 saturated carbocycles. The molecule has 0 aromatic heterocycles. The lowest BCUT2D eigenvalue weighted by Gasteiger charge is -2.34. The summed E-state index contributed by atoms with van der Waals surface area (Å²) in [5.41, 5.74) is 5.43. The Balaban J connectivity index is 1.98. The van der Waals surface area contributed by atoms with Gasteiger partial charge in [0.2, 0.25) is 0 Å². The molecular weight excluding hydrogens is 261 g/mol. The molecule has 0 aliphatic carbocycles. The minimum Gasteiger partial charge on any atom is -0.316 e. The normalized spacial score (nSPS) is 22.2. The van der Waals surface area contributed by atoms with E-state index >= 15 is 0 Å². The van der Waals surface area contributed by atoms with Gasteiger partial charge in [-0.15, -0.1) is 0 Å². The zero-order valence-electron chi connectivity index (χ0n) is 12.7. The van der Waals surface area contributed by atoms with Crippen LogP contribution in [0.3, 0.4) is 0 Å². The summed E-state index contributed by atoms with van der Waals surface area (Å²) < 4.78 is 13.2. The molecule has 110 valence electrons. The third kappa shape index (κ3) is 2.86. The molecule has 2 unspecified atom stereocenters. The lowest BCUT2D eigenvalue weighted by atomic mass is 9.75. The molecule has 3 rings (SSSR count). The van der Waals surface area contributed by atoms with Gasteiger partial charge in [-0.25, -0.2) is 4.39 Å². The molecule has 2 heteroatoms. The largest absolute Gasteiger partial charge is 0.316 e. The summed E-state index contributed by atoms with van der Waals surface area (Å²) in [6.45, 7) is 6.40. The maximum absolute atomic E-state index is 13.2. The minimum atomic E-state index is -0.161. The second kappa shape index (κ2) is 5.98. The van der Waals surface area contributed by atoms with E-state index in [1.165, 1.54) is 22.3 Å². The van der Waals surface area contributed by atoms with Crippen molar-refractivity contribution >= 4 is 0 Å². The van der Waals surface area contributed by atoms with E-state index in [-0.39, 0.29) is 5.82 Å². The van der Waals surface area contributed by atoms with Gasteiger partial charge >= 0.3 is 0 Å². The fourth-order valence-corrected chi connectivity index (χ4v) is 3.47. The van der Waals surface area contributed by atoms with Gasteiger partial charge in [0.15, 0.2) is 0 Å². The van der Waals surface area contributed by atoms with Gasteiger partial charge in [0.1, 0.15) is 5.82 Å². The van der Waals surface area contributed by atoms with Crippen molar-refractivity contribution in [3.05, 3.63) is 70.5 Å². The fraction of sp³-hybridized carbons (Fsp3) is 0.368. The number of hydrogen-bond acceptors (Lipinski definition) is 1. The van der Waals surface area contributed by atoms with Crippen molar-refractivity contribution in [2.24, 2.45) is 0 Å². The third-order valence-electron chi connectivity index (χ3n) is 4.83. The van der Waals surface area contributed by atoms with Crippen LogP contribution in [-0.2, 0) is 0 Å². The molecule has 1 N–H and O–H groups in total. The summed E-state index contributed by atoms with van der Waals surface area (Å²) in [4.78, 5) is 0. The van der Waals surface area contributed by atoms with Crippen molar-refractivity contribution in [1.29, 1.82) is 0 Å².